The number of benzene rings is 2. The van der Waals surface area contributed by atoms with Crippen LogP contribution >= 0.6 is 11.8 Å². The highest BCUT2D eigenvalue weighted by Crippen LogP contribution is 2.32. The van der Waals surface area contributed by atoms with Gasteiger partial charge in [0.25, 0.3) is 11.1 Å². The van der Waals surface area contributed by atoms with E-state index in [9.17, 15) is 18.8 Å². The van der Waals surface area contributed by atoms with E-state index < -0.39 is 17.0 Å². The van der Waals surface area contributed by atoms with Gasteiger partial charge in [-0.05, 0) is 48.6 Å². The monoisotopic (exact) mass is 485 g/mol. The van der Waals surface area contributed by atoms with E-state index >= 15 is 0 Å². The number of nitrogens with one attached hydrogen (secondary N) is 1. The third-order valence-electron chi connectivity index (χ3n) is 5.20. The lowest BCUT2D eigenvalue weighted by atomic mass is 10.2. The van der Waals surface area contributed by atoms with Crippen LogP contribution in [0.3, 0.4) is 0 Å². The van der Waals surface area contributed by atoms with E-state index in [-0.39, 0.29) is 36.0 Å². The van der Waals surface area contributed by atoms with Crippen molar-refractivity contribution >= 4 is 34.9 Å². The van der Waals surface area contributed by atoms with Gasteiger partial charge in [-0.2, -0.15) is 0 Å². The van der Waals surface area contributed by atoms with Gasteiger partial charge >= 0.3 is 0 Å². The molecule has 34 heavy (non-hydrogen) atoms. The molecule has 0 saturated carbocycles. The summed E-state index contributed by atoms with van der Waals surface area (Å²) in [4.78, 5) is 40.1. The summed E-state index contributed by atoms with van der Waals surface area (Å²) in [6.45, 7) is 1.88. The predicted octanol–water partition coefficient (Wildman–Crippen LogP) is 2.88. The minimum absolute atomic E-state index is 0.0386. The standard InChI is InChI=1S/C24H24FN3O5S/c1-27(14-16-6-7-19-20(12-16)33-11-10-32-19)15-22(29)26-8-9-28-23(30)21(34-24(28)31)13-17-4-2-3-5-18(17)25/h2-7,12-13H,8-11,14-15H2,1H3,(H,26,29)/b21-13-. The van der Waals surface area contributed by atoms with Crippen molar-refractivity contribution in [1.29, 1.82) is 0 Å². The fraction of sp³-hybridized carbons (Fsp3) is 0.292. The summed E-state index contributed by atoms with van der Waals surface area (Å²) >= 11 is 0.758. The van der Waals surface area contributed by atoms with Gasteiger partial charge in [0.15, 0.2) is 11.5 Å². The third-order valence-corrected chi connectivity index (χ3v) is 6.10. The highest BCUT2D eigenvalue weighted by atomic mass is 32.2. The molecule has 178 valence electrons. The van der Waals surface area contributed by atoms with E-state index in [1.807, 2.05) is 30.1 Å². The van der Waals surface area contributed by atoms with Gasteiger partial charge in [-0.15, -0.1) is 0 Å². The van der Waals surface area contributed by atoms with Gasteiger partial charge < -0.3 is 14.8 Å². The number of hydrogen-bond acceptors (Lipinski definition) is 7. The molecule has 2 heterocycles. The molecule has 1 N–H and O–H groups in total. The molecule has 0 atom stereocenters. The summed E-state index contributed by atoms with van der Waals surface area (Å²) in [6.07, 6.45) is 1.37. The van der Waals surface area contributed by atoms with E-state index in [0.29, 0.717) is 31.3 Å². The van der Waals surface area contributed by atoms with Crippen molar-refractivity contribution in [3.05, 3.63) is 64.3 Å². The summed E-state index contributed by atoms with van der Waals surface area (Å²) in [5, 5.41) is 2.28. The lowest BCUT2D eigenvalue weighted by molar-refractivity contribution is -0.124. The Labute approximate surface area is 200 Å². The maximum absolute atomic E-state index is 13.8. The zero-order valence-corrected chi connectivity index (χ0v) is 19.4. The van der Waals surface area contributed by atoms with Crippen molar-refractivity contribution in [2.75, 3.05) is 39.9 Å². The SMILES string of the molecule is CN(CC(=O)NCCN1C(=O)S/C(=C\c2ccccc2F)C1=O)Cc1ccc2c(c1)OCCO2. The second kappa shape index (κ2) is 10.7. The number of rotatable bonds is 8. The van der Waals surface area contributed by atoms with Crippen LogP contribution in [0.4, 0.5) is 9.18 Å². The number of likely N-dealkylation sites (N-methyl/N-ethyl adjacent to an activating group) is 1. The Hall–Kier alpha value is -3.37. The number of carbonyl (C=O) groups is 3. The van der Waals surface area contributed by atoms with E-state index in [4.69, 9.17) is 9.47 Å². The molecule has 2 aromatic rings. The van der Waals surface area contributed by atoms with Crippen LogP contribution in [0.2, 0.25) is 0 Å². The number of halogens is 1. The second-order valence-corrected chi connectivity index (χ2v) is 8.85. The Morgan fingerprint density at radius 2 is 1.94 bits per heavy atom. The van der Waals surface area contributed by atoms with Crippen molar-refractivity contribution in [3.63, 3.8) is 0 Å². The van der Waals surface area contributed by atoms with Crippen LogP contribution in [0.15, 0.2) is 47.4 Å². The fourth-order valence-electron chi connectivity index (χ4n) is 3.59. The van der Waals surface area contributed by atoms with Crippen molar-refractivity contribution in [2.45, 2.75) is 6.54 Å². The number of fused-ring (bicyclic) bond motifs is 1. The van der Waals surface area contributed by atoms with Crippen LogP contribution in [-0.4, -0.2) is 66.7 Å². The lowest BCUT2D eigenvalue weighted by Crippen LogP contribution is -2.40. The van der Waals surface area contributed by atoms with Crippen molar-refractivity contribution in [2.24, 2.45) is 0 Å². The summed E-state index contributed by atoms with van der Waals surface area (Å²) < 4.78 is 24.9. The highest BCUT2D eigenvalue weighted by Gasteiger charge is 2.34. The molecule has 10 heteroatoms. The van der Waals surface area contributed by atoms with Gasteiger partial charge in [0, 0.05) is 25.2 Å². The van der Waals surface area contributed by atoms with Gasteiger partial charge in [-0.1, -0.05) is 24.3 Å². The minimum atomic E-state index is -0.497. The smallest absolute Gasteiger partial charge is 0.293 e. The Bertz CT molecular complexity index is 1140. The molecule has 8 nitrogen and oxygen atoms in total. The predicted molar refractivity (Wildman–Crippen MR) is 126 cm³/mol. The molecule has 0 spiro atoms. The Morgan fingerprint density at radius 3 is 2.74 bits per heavy atom. The van der Waals surface area contributed by atoms with Crippen molar-refractivity contribution < 1.29 is 28.2 Å². The first-order chi connectivity index (χ1) is 16.4. The van der Waals surface area contributed by atoms with E-state index in [0.717, 1.165) is 22.2 Å². The maximum Gasteiger partial charge on any atom is 0.293 e. The number of hydrogen-bond donors (Lipinski definition) is 1. The Kier molecular flexibility index (Phi) is 7.49. The molecule has 3 amide bonds. The van der Waals surface area contributed by atoms with E-state index in [2.05, 4.69) is 5.32 Å². The second-order valence-electron chi connectivity index (χ2n) is 7.86. The number of carbonyl (C=O) groups excluding carboxylic acids is 3. The molecule has 1 saturated heterocycles. The van der Waals surface area contributed by atoms with Crippen LogP contribution in [-0.2, 0) is 16.1 Å². The van der Waals surface area contributed by atoms with Crippen molar-refractivity contribution in [3.8, 4) is 11.5 Å². The molecule has 2 aromatic carbocycles. The zero-order valence-electron chi connectivity index (χ0n) is 18.6. The average Bonchev–Trinajstić information content (AvgIpc) is 3.07. The number of imide groups is 1. The number of ether oxygens (including phenoxy) is 2. The maximum atomic E-state index is 13.8. The fourth-order valence-corrected chi connectivity index (χ4v) is 4.44. The molecule has 1 fully saturated rings. The molecule has 0 aliphatic carbocycles. The van der Waals surface area contributed by atoms with Crippen LogP contribution in [0.1, 0.15) is 11.1 Å². The first-order valence-electron chi connectivity index (χ1n) is 10.7. The van der Waals surface area contributed by atoms with Gasteiger partial charge in [0.2, 0.25) is 5.91 Å². The number of thioether (sulfide) groups is 1. The summed E-state index contributed by atoms with van der Waals surface area (Å²) in [7, 11) is 1.82. The minimum Gasteiger partial charge on any atom is -0.486 e. The quantitative estimate of drug-likeness (QED) is 0.576. The molecule has 0 radical (unpaired) electrons. The zero-order chi connectivity index (χ0) is 24.1. The summed E-state index contributed by atoms with van der Waals surface area (Å²) in [6, 6.07) is 11.7. The van der Waals surface area contributed by atoms with Crippen molar-refractivity contribution in [1.82, 2.24) is 15.1 Å². The normalized spacial score (nSPS) is 16.4. The van der Waals surface area contributed by atoms with Crippen LogP contribution in [0.25, 0.3) is 6.08 Å². The number of amides is 3. The Balaban J connectivity index is 1.24. The average molecular weight is 486 g/mol. The molecule has 4 rings (SSSR count). The summed E-state index contributed by atoms with van der Waals surface area (Å²) in [5.41, 5.74) is 1.22. The highest BCUT2D eigenvalue weighted by molar-refractivity contribution is 8.18. The molecular formula is C24H24FN3O5S. The molecule has 0 aromatic heterocycles. The molecule has 0 unspecified atom stereocenters. The van der Waals surface area contributed by atoms with E-state index in [1.54, 1.807) is 12.1 Å². The van der Waals surface area contributed by atoms with Crippen LogP contribution in [0, 0.1) is 5.82 Å². The molecule has 0 bridgehead atoms. The third kappa shape index (κ3) is 5.75. The van der Waals surface area contributed by atoms with Gasteiger partial charge in [0.1, 0.15) is 19.0 Å². The topological polar surface area (TPSA) is 88.2 Å². The van der Waals surface area contributed by atoms with Gasteiger partial charge in [-0.25, -0.2) is 4.39 Å². The first kappa shape index (κ1) is 23.8. The van der Waals surface area contributed by atoms with Crippen LogP contribution in [0.5, 0.6) is 11.5 Å². The van der Waals surface area contributed by atoms with Gasteiger partial charge in [0.05, 0.1) is 11.4 Å². The lowest BCUT2D eigenvalue weighted by Gasteiger charge is -2.21. The molecule has 2 aliphatic rings. The van der Waals surface area contributed by atoms with Crippen LogP contribution < -0.4 is 14.8 Å². The summed E-state index contributed by atoms with van der Waals surface area (Å²) in [5.74, 6) is 0.216. The molecular weight excluding hydrogens is 461 g/mol. The molecule has 2 aliphatic heterocycles. The first-order valence-corrected chi connectivity index (χ1v) is 11.6. The number of nitrogens with zero attached hydrogens (tertiary/aromatic N) is 2. The largest absolute Gasteiger partial charge is 0.486 e. The van der Waals surface area contributed by atoms with E-state index in [1.165, 1.54) is 18.2 Å². The Morgan fingerprint density at radius 1 is 1.18 bits per heavy atom. The van der Waals surface area contributed by atoms with Gasteiger partial charge in [-0.3, -0.25) is 24.2 Å².